The number of carbonyl (C=O) groups is 1. The normalized spacial score (nSPS) is 13.0. The molecule has 0 saturated heterocycles. The molecule has 176 valence electrons. The van der Waals surface area contributed by atoms with Gasteiger partial charge in [0.25, 0.3) is 5.60 Å². The van der Waals surface area contributed by atoms with Crippen molar-refractivity contribution in [2.24, 2.45) is 0 Å². The van der Waals surface area contributed by atoms with E-state index in [0.29, 0.717) is 5.56 Å². The molecule has 4 nitrogen and oxygen atoms in total. The van der Waals surface area contributed by atoms with Gasteiger partial charge in [-0.3, -0.25) is 4.79 Å². The van der Waals surface area contributed by atoms with Crippen LogP contribution in [0.5, 0.6) is 11.5 Å². The molecule has 1 atom stereocenters. The summed E-state index contributed by atoms with van der Waals surface area (Å²) in [6.45, 7) is 1.56. The Morgan fingerprint density at radius 3 is 2.29 bits per heavy atom. The van der Waals surface area contributed by atoms with Crippen LogP contribution in [0.2, 0.25) is 10.0 Å². The molecule has 3 aromatic carbocycles. The van der Waals surface area contributed by atoms with Gasteiger partial charge in [-0.05, 0) is 37.3 Å². The lowest BCUT2D eigenvalue weighted by atomic mass is 9.88. The number of hydrogen-bond donors (Lipinski definition) is 0. The fraction of sp³-hybridized carbons (Fsp3) is 0.200. The summed E-state index contributed by atoms with van der Waals surface area (Å²) in [6, 6.07) is 17.8. The van der Waals surface area contributed by atoms with Crippen molar-refractivity contribution in [3.05, 3.63) is 93.5 Å². The summed E-state index contributed by atoms with van der Waals surface area (Å²) >= 11 is 12.1. The number of rotatable bonds is 8. The second-order valence-electron chi connectivity index (χ2n) is 7.36. The molecule has 0 aliphatic carbocycles. The summed E-state index contributed by atoms with van der Waals surface area (Å²) in [6.07, 6.45) is -4.84. The van der Waals surface area contributed by atoms with Crippen molar-refractivity contribution >= 4 is 29.0 Å². The Bertz CT molecular complexity index is 1240. The Kier molecular flexibility index (Phi) is 7.75. The molecule has 0 spiro atoms. The van der Waals surface area contributed by atoms with Crippen LogP contribution < -0.4 is 9.47 Å². The predicted octanol–water partition coefficient (Wildman–Crippen LogP) is 7.16. The van der Waals surface area contributed by atoms with E-state index in [9.17, 15) is 23.2 Å². The minimum Gasteiger partial charge on any atom is -0.492 e. The second-order valence-corrected chi connectivity index (χ2v) is 8.17. The number of carbonyl (C=O) groups excluding carboxylic acids is 1. The van der Waals surface area contributed by atoms with E-state index in [2.05, 4.69) is 0 Å². The van der Waals surface area contributed by atoms with Crippen molar-refractivity contribution in [1.29, 1.82) is 5.26 Å². The summed E-state index contributed by atoms with van der Waals surface area (Å²) in [5.41, 5.74) is -1.82. The quantitative estimate of drug-likeness (QED) is 0.324. The first-order chi connectivity index (χ1) is 16.1. The highest BCUT2D eigenvalue weighted by Crippen LogP contribution is 2.36. The molecule has 0 aliphatic rings. The molecule has 0 heterocycles. The SMILES string of the molecule is Cc1cccc(C(C#N)(Oc2ccccc2Cl)C(=O)CCOc2ccc(C(F)(F)F)cc2Cl)c1. The van der Waals surface area contributed by atoms with Crippen molar-refractivity contribution in [2.75, 3.05) is 6.61 Å². The molecule has 9 heteroatoms. The van der Waals surface area contributed by atoms with Crippen molar-refractivity contribution in [2.45, 2.75) is 25.1 Å². The molecule has 0 fully saturated rings. The number of nitriles is 1. The average Bonchev–Trinajstić information content (AvgIpc) is 2.79. The van der Waals surface area contributed by atoms with Gasteiger partial charge >= 0.3 is 6.18 Å². The number of ketones is 1. The van der Waals surface area contributed by atoms with Crippen LogP contribution in [0.3, 0.4) is 0 Å². The first kappa shape index (κ1) is 25.4. The molecule has 3 rings (SSSR count). The Morgan fingerprint density at radius 1 is 0.941 bits per heavy atom. The molecule has 0 bridgehead atoms. The fourth-order valence-electron chi connectivity index (χ4n) is 3.21. The smallest absolute Gasteiger partial charge is 0.416 e. The summed E-state index contributed by atoms with van der Waals surface area (Å²) in [4.78, 5) is 13.3. The molecule has 1 unspecified atom stereocenters. The van der Waals surface area contributed by atoms with E-state index in [1.165, 1.54) is 6.07 Å². The molecule has 34 heavy (non-hydrogen) atoms. The van der Waals surface area contributed by atoms with E-state index in [4.69, 9.17) is 32.7 Å². The van der Waals surface area contributed by atoms with Crippen molar-refractivity contribution < 1.29 is 27.4 Å². The number of halogens is 5. The zero-order chi connectivity index (χ0) is 24.9. The summed E-state index contributed by atoms with van der Waals surface area (Å²) < 4.78 is 49.8. The molecular weight excluding hydrogens is 490 g/mol. The van der Waals surface area contributed by atoms with E-state index in [1.807, 2.05) is 6.07 Å². The topological polar surface area (TPSA) is 59.3 Å². The van der Waals surface area contributed by atoms with Crippen LogP contribution in [-0.4, -0.2) is 12.4 Å². The van der Waals surface area contributed by atoms with Crippen LogP contribution in [0, 0.1) is 18.3 Å². The molecule has 0 amide bonds. The average molecular weight is 508 g/mol. The Morgan fingerprint density at radius 2 is 1.68 bits per heavy atom. The first-order valence-corrected chi connectivity index (χ1v) is 10.8. The third kappa shape index (κ3) is 5.64. The van der Waals surface area contributed by atoms with Gasteiger partial charge in [0.15, 0.2) is 5.78 Å². The van der Waals surface area contributed by atoms with Crippen molar-refractivity contribution in [1.82, 2.24) is 0 Å². The minimum atomic E-state index is -4.55. The van der Waals surface area contributed by atoms with Gasteiger partial charge < -0.3 is 9.47 Å². The van der Waals surface area contributed by atoms with E-state index in [1.54, 1.807) is 49.4 Å². The number of hydrogen-bond acceptors (Lipinski definition) is 4. The van der Waals surface area contributed by atoms with Crippen molar-refractivity contribution in [3.8, 4) is 17.6 Å². The second kappa shape index (κ2) is 10.4. The standard InChI is InChI=1S/C25H18Cl2F3NO3/c1-16-5-4-6-17(13-16)24(15-31,34-22-8-3-2-7-19(22)26)23(32)11-12-33-21-10-9-18(14-20(21)27)25(28,29)30/h2-10,13-14H,11-12H2,1H3. The van der Waals surface area contributed by atoms with Gasteiger partial charge in [-0.25, -0.2) is 0 Å². The molecule has 0 aliphatic heterocycles. The maximum atomic E-state index is 13.3. The van der Waals surface area contributed by atoms with Gasteiger partial charge in [-0.1, -0.05) is 65.2 Å². The monoisotopic (exact) mass is 507 g/mol. The fourth-order valence-corrected chi connectivity index (χ4v) is 3.62. The number of Topliss-reactive ketones (excluding diaryl/α,β-unsaturated/α-hetero) is 1. The van der Waals surface area contributed by atoms with Gasteiger partial charge in [0, 0.05) is 12.0 Å². The third-order valence-electron chi connectivity index (χ3n) is 4.92. The number of ether oxygens (including phenoxy) is 2. The molecular formula is C25H18Cl2F3NO3. The number of nitrogens with zero attached hydrogens (tertiary/aromatic N) is 1. The zero-order valence-electron chi connectivity index (χ0n) is 17.8. The summed E-state index contributed by atoms with van der Waals surface area (Å²) in [7, 11) is 0. The van der Waals surface area contributed by atoms with E-state index in [-0.39, 0.29) is 34.6 Å². The number of benzene rings is 3. The molecule has 0 N–H and O–H groups in total. The van der Waals surface area contributed by atoms with Crippen molar-refractivity contribution in [3.63, 3.8) is 0 Å². The highest BCUT2D eigenvalue weighted by molar-refractivity contribution is 6.32. The lowest BCUT2D eigenvalue weighted by Crippen LogP contribution is -2.41. The van der Waals surface area contributed by atoms with Crippen LogP contribution >= 0.6 is 23.2 Å². The van der Waals surface area contributed by atoms with E-state index in [0.717, 1.165) is 23.8 Å². The van der Waals surface area contributed by atoms with Crippen LogP contribution in [0.25, 0.3) is 0 Å². The molecule has 0 radical (unpaired) electrons. The maximum absolute atomic E-state index is 13.3. The molecule has 3 aromatic rings. The van der Waals surface area contributed by atoms with Gasteiger partial charge in [0.2, 0.25) is 0 Å². The number of alkyl halides is 3. The summed E-state index contributed by atoms with van der Waals surface area (Å²) in [5.74, 6) is -0.497. The highest BCUT2D eigenvalue weighted by atomic mass is 35.5. The van der Waals surface area contributed by atoms with Gasteiger partial charge in [0.05, 0.1) is 22.2 Å². The van der Waals surface area contributed by atoms with Gasteiger partial charge in [0.1, 0.15) is 17.6 Å². The Balaban J connectivity index is 1.85. The number of aryl methyl sites for hydroxylation is 1. The molecule has 0 aromatic heterocycles. The van der Waals surface area contributed by atoms with Gasteiger partial charge in [-0.2, -0.15) is 18.4 Å². The lowest BCUT2D eigenvalue weighted by molar-refractivity contribution is -0.137. The lowest BCUT2D eigenvalue weighted by Gasteiger charge is -2.28. The Labute approximate surface area is 204 Å². The summed E-state index contributed by atoms with van der Waals surface area (Å²) in [5, 5.41) is 10.1. The Hall–Kier alpha value is -3.21. The highest BCUT2D eigenvalue weighted by Gasteiger charge is 2.43. The van der Waals surface area contributed by atoms with Gasteiger partial charge in [-0.15, -0.1) is 0 Å². The zero-order valence-corrected chi connectivity index (χ0v) is 19.3. The minimum absolute atomic E-state index is 0.0207. The van der Waals surface area contributed by atoms with Crippen LogP contribution in [0.1, 0.15) is 23.1 Å². The largest absolute Gasteiger partial charge is 0.492 e. The van der Waals surface area contributed by atoms with Crippen LogP contribution in [0.4, 0.5) is 13.2 Å². The number of para-hydroxylation sites is 1. The predicted molar refractivity (Wildman–Crippen MR) is 122 cm³/mol. The van der Waals surface area contributed by atoms with E-state index < -0.39 is 23.1 Å². The third-order valence-corrected chi connectivity index (χ3v) is 5.53. The maximum Gasteiger partial charge on any atom is 0.416 e. The van der Waals surface area contributed by atoms with Crippen LogP contribution in [-0.2, 0) is 16.6 Å². The molecule has 0 saturated carbocycles. The van der Waals surface area contributed by atoms with E-state index >= 15 is 0 Å². The first-order valence-electron chi connectivity index (χ1n) is 10.0. The van der Waals surface area contributed by atoms with Crippen LogP contribution in [0.15, 0.2) is 66.7 Å².